The number of hydrogen-bond donors (Lipinski definition) is 2. The monoisotopic (exact) mass is 193 g/mol. The molecular weight excluding hydrogens is 178 g/mol. The number of hydrogen-bond acceptors (Lipinski definition) is 2. The van der Waals surface area contributed by atoms with E-state index < -0.39 is 0 Å². The molecule has 1 atom stereocenters. The molecule has 2 N–H and O–H groups in total. The fraction of sp³-hybridized carbons (Fsp3) is 0.364. The van der Waals surface area contributed by atoms with Crippen molar-refractivity contribution >= 4 is 5.91 Å². The van der Waals surface area contributed by atoms with E-state index in [2.05, 4.69) is 5.32 Å². The zero-order valence-corrected chi connectivity index (χ0v) is 8.23. The lowest BCUT2D eigenvalue weighted by molar-refractivity contribution is -0.119. The molecule has 0 bridgehead atoms. The maximum Gasteiger partial charge on any atom is 0.217 e. The van der Waals surface area contributed by atoms with Crippen LogP contribution < -0.4 is 5.32 Å². The van der Waals surface area contributed by atoms with Gasteiger partial charge in [-0.2, -0.15) is 0 Å². The number of nitrogens with one attached hydrogen (secondary N) is 1. The largest absolute Gasteiger partial charge is 0.394 e. The third-order valence-electron chi connectivity index (χ3n) is 1.95. The van der Waals surface area contributed by atoms with Crippen molar-refractivity contribution in [3.05, 3.63) is 35.9 Å². The fourth-order valence-corrected chi connectivity index (χ4v) is 1.35. The second-order valence-corrected chi connectivity index (χ2v) is 3.27. The molecule has 0 fully saturated rings. The van der Waals surface area contributed by atoms with E-state index in [0.29, 0.717) is 6.42 Å². The summed E-state index contributed by atoms with van der Waals surface area (Å²) in [5.41, 5.74) is 1.11. The third kappa shape index (κ3) is 3.58. The van der Waals surface area contributed by atoms with Crippen molar-refractivity contribution in [2.75, 3.05) is 6.61 Å². The standard InChI is InChI=1S/C11H15NO2/c1-9(14)12-11(8-13)7-10-5-3-2-4-6-10/h2-6,11,13H,7-8H2,1H3,(H,12,14)/t11-/m1/s1. The molecule has 1 rings (SSSR count). The Morgan fingerprint density at radius 1 is 1.43 bits per heavy atom. The van der Waals surface area contributed by atoms with Crippen LogP contribution in [0, 0.1) is 0 Å². The summed E-state index contributed by atoms with van der Waals surface area (Å²) >= 11 is 0. The highest BCUT2D eigenvalue weighted by Gasteiger charge is 2.08. The Bertz CT molecular complexity index is 285. The minimum absolute atomic E-state index is 0.0333. The van der Waals surface area contributed by atoms with Crippen molar-refractivity contribution in [3.8, 4) is 0 Å². The average Bonchev–Trinajstić information content (AvgIpc) is 2.17. The van der Waals surface area contributed by atoms with E-state index in [-0.39, 0.29) is 18.6 Å². The lowest BCUT2D eigenvalue weighted by Crippen LogP contribution is -2.37. The molecule has 1 aromatic rings. The van der Waals surface area contributed by atoms with E-state index in [1.807, 2.05) is 30.3 Å². The molecule has 76 valence electrons. The number of carbonyl (C=O) groups excluding carboxylic acids is 1. The van der Waals surface area contributed by atoms with Crippen molar-refractivity contribution < 1.29 is 9.90 Å². The zero-order chi connectivity index (χ0) is 10.4. The summed E-state index contributed by atoms with van der Waals surface area (Å²) in [6.45, 7) is 1.42. The Balaban J connectivity index is 2.53. The van der Waals surface area contributed by atoms with Crippen molar-refractivity contribution in [1.82, 2.24) is 5.32 Å². The van der Waals surface area contributed by atoms with Crippen molar-refractivity contribution in [1.29, 1.82) is 0 Å². The quantitative estimate of drug-likeness (QED) is 0.740. The molecule has 0 aliphatic rings. The molecule has 0 heterocycles. The molecular formula is C11H15NO2. The molecule has 0 aliphatic heterocycles. The summed E-state index contributed by atoms with van der Waals surface area (Å²) in [6, 6.07) is 9.59. The molecule has 0 aliphatic carbocycles. The summed E-state index contributed by atoms with van der Waals surface area (Å²) < 4.78 is 0. The first kappa shape index (κ1) is 10.7. The van der Waals surface area contributed by atoms with Gasteiger partial charge in [0, 0.05) is 6.92 Å². The van der Waals surface area contributed by atoms with Gasteiger partial charge in [0.15, 0.2) is 0 Å². The van der Waals surface area contributed by atoms with E-state index in [1.165, 1.54) is 6.92 Å². The lowest BCUT2D eigenvalue weighted by Gasteiger charge is -2.14. The van der Waals surface area contributed by atoms with Crippen LogP contribution in [0.25, 0.3) is 0 Å². The zero-order valence-electron chi connectivity index (χ0n) is 8.23. The van der Waals surface area contributed by atoms with Crippen LogP contribution in [0.2, 0.25) is 0 Å². The number of rotatable bonds is 4. The van der Waals surface area contributed by atoms with Crippen LogP contribution in [0.1, 0.15) is 12.5 Å². The number of amides is 1. The number of aliphatic hydroxyl groups is 1. The normalized spacial score (nSPS) is 12.1. The fourth-order valence-electron chi connectivity index (χ4n) is 1.35. The first-order valence-corrected chi connectivity index (χ1v) is 4.64. The maximum atomic E-state index is 10.8. The molecule has 1 aromatic carbocycles. The van der Waals surface area contributed by atoms with Gasteiger partial charge in [-0.3, -0.25) is 4.79 Å². The molecule has 3 heteroatoms. The van der Waals surface area contributed by atoms with Crippen molar-refractivity contribution in [2.24, 2.45) is 0 Å². The summed E-state index contributed by atoms with van der Waals surface area (Å²) in [5.74, 6) is -0.111. The smallest absolute Gasteiger partial charge is 0.217 e. The summed E-state index contributed by atoms with van der Waals surface area (Å²) in [7, 11) is 0. The van der Waals surface area contributed by atoms with Crippen LogP contribution >= 0.6 is 0 Å². The van der Waals surface area contributed by atoms with E-state index in [4.69, 9.17) is 5.11 Å². The van der Waals surface area contributed by atoms with Crippen LogP contribution in [0.5, 0.6) is 0 Å². The minimum atomic E-state index is -0.185. The Labute approximate surface area is 83.8 Å². The topological polar surface area (TPSA) is 49.3 Å². The Morgan fingerprint density at radius 2 is 2.07 bits per heavy atom. The highest BCUT2D eigenvalue weighted by Crippen LogP contribution is 2.02. The van der Waals surface area contributed by atoms with Gasteiger partial charge in [0.25, 0.3) is 0 Å². The molecule has 0 saturated heterocycles. The Kier molecular flexibility index (Phi) is 4.13. The summed E-state index contributed by atoms with van der Waals surface area (Å²) in [4.78, 5) is 10.8. The van der Waals surface area contributed by atoms with E-state index in [0.717, 1.165) is 5.56 Å². The van der Waals surface area contributed by atoms with Gasteiger partial charge in [-0.1, -0.05) is 30.3 Å². The van der Waals surface area contributed by atoms with Gasteiger partial charge >= 0.3 is 0 Å². The van der Waals surface area contributed by atoms with Crippen LogP contribution in [0.15, 0.2) is 30.3 Å². The molecule has 1 amide bonds. The van der Waals surface area contributed by atoms with E-state index >= 15 is 0 Å². The van der Waals surface area contributed by atoms with Crippen LogP contribution in [-0.2, 0) is 11.2 Å². The van der Waals surface area contributed by atoms with Crippen LogP contribution in [0.3, 0.4) is 0 Å². The molecule has 3 nitrogen and oxygen atoms in total. The lowest BCUT2D eigenvalue weighted by atomic mass is 10.1. The van der Waals surface area contributed by atoms with Crippen molar-refractivity contribution in [3.63, 3.8) is 0 Å². The first-order chi connectivity index (χ1) is 6.72. The second-order valence-electron chi connectivity index (χ2n) is 3.27. The molecule has 0 saturated carbocycles. The van der Waals surface area contributed by atoms with E-state index in [9.17, 15) is 4.79 Å². The minimum Gasteiger partial charge on any atom is -0.394 e. The molecule has 0 aromatic heterocycles. The SMILES string of the molecule is CC(=O)N[C@@H](CO)Cc1ccccc1. The predicted octanol–water partition coefficient (Wildman–Crippen LogP) is 0.726. The van der Waals surface area contributed by atoms with Gasteiger partial charge in [-0.05, 0) is 12.0 Å². The Hall–Kier alpha value is -1.35. The highest BCUT2D eigenvalue weighted by atomic mass is 16.3. The molecule has 0 spiro atoms. The predicted molar refractivity (Wildman–Crippen MR) is 54.8 cm³/mol. The Morgan fingerprint density at radius 3 is 2.57 bits per heavy atom. The van der Waals surface area contributed by atoms with Crippen LogP contribution in [-0.4, -0.2) is 23.7 Å². The number of benzene rings is 1. The number of carbonyl (C=O) groups is 1. The second kappa shape index (κ2) is 5.40. The summed E-state index contributed by atoms with van der Waals surface area (Å²) in [6.07, 6.45) is 0.664. The van der Waals surface area contributed by atoms with Gasteiger partial charge < -0.3 is 10.4 Å². The van der Waals surface area contributed by atoms with E-state index in [1.54, 1.807) is 0 Å². The van der Waals surface area contributed by atoms with Gasteiger partial charge in [0.05, 0.1) is 12.6 Å². The van der Waals surface area contributed by atoms with Gasteiger partial charge in [0.2, 0.25) is 5.91 Å². The maximum absolute atomic E-state index is 10.8. The highest BCUT2D eigenvalue weighted by molar-refractivity contribution is 5.73. The number of aliphatic hydroxyl groups excluding tert-OH is 1. The summed E-state index contributed by atoms with van der Waals surface area (Å²) in [5, 5.41) is 11.7. The molecule has 14 heavy (non-hydrogen) atoms. The van der Waals surface area contributed by atoms with Gasteiger partial charge in [-0.25, -0.2) is 0 Å². The first-order valence-electron chi connectivity index (χ1n) is 4.64. The van der Waals surface area contributed by atoms with Crippen molar-refractivity contribution in [2.45, 2.75) is 19.4 Å². The average molecular weight is 193 g/mol. The van der Waals surface area contributed by atoms with Gasteiger partial charge in [0.1, 0.15) is 0 Å². The molecule has 0 radical (unpaired) electrons. The molecule has 0 unspecified atom stereocenters. The van der Waals surface area contributed by atoms with Gasteiger partial charge in [-0.15, -0.1) is 0 Å². The van der Waals surface area contributed by atoms with Crippen LogP contribution in [0.4, 0.5) is 0 Å². The third-order valence-corrected chi connectivity index (χ3v) is 1.95.